The van der Waals surface area contributed by atoms with Crippen molar-refractivity contribution in [2.75, 3.05) is 49.6 Å². The first-order valence-electron chi connectivity index (χ1n) is 11.7. The van der Waals surface area contributed by atoms with Gasteiger partial charge in [0.1, 0.15) is 5.82 Å². The van der Waals surface area contributed by atoms with Crippen molar-refractivity contribution in [2.24, 2.45) is 11.3 Å². The third-order valence-corrected chi connectivity index (χ3v) is 8.60. The summed E-state index contributed by atoms with van der Waals surface area (Å²) in [6, 6.07) is 5.60. The van der Waals surface area contributed by atoms with E-state index in [0.717, 1.165) is 42.6 Å². The van der Waals surface area contributed by atoms with Gasteiger partial charge in [-0.25, -0.2) is 13.8 Å². The van der Waals surface area contributed by atoms with Crippen molar-refractivity contribution in [3.05, 3.63) is 29.4 Å². The Labute approximate surface area is 201 Å². The van der Waals surface area contributed by atoms with Crippen LogP contribution in [0.3, 0.4) is 0 Å². The Bertz CT molecular complexity index is 1170. The van der Waals surface area contributed by atoms with Gasteiger partial charge in [0.05, 0.1) is 46.9 Å². The van der Waals surface area contributed by atoms with Crippen LogP contribution in [-0.2, 0) is 9.53 Å². The number of nitrogens with one attached hydrogen (secondary N) is 1. The van der Waals surface area contributed by atoms with Crippen LogP contribution in [-0.4, -0.2) is 77.9 Å². The van der Waals surface area contributed by atoms with Gasteiger partial charge in [0.2, 0.25) is 5.91 Å². The van der Waals surface area contributed by atoms with Gasteiger partial charge in [0.15, 0.2) is 0 Å². The van der Waals surface area contributed by atoms with E-state index in [0.29, 0.717) is 24.1 Å². The van der Waals surface area contributed by atoms with Gasteiger partial charge in [0.25, 0.3) is 5.92 Å². The van der Waals surface area contributed by atoms with Gasteiger partial charge in [-0.05, 0) is 36.9 Å². The number of halogens is 3. The number of ether oxygens (including phenoxy) is 1. The lowest BCUT2D eigenvalue weighted by Crippen LogP contribution is -2.60. The Hall–Kier alpha value is -2.07. The van der Waals surface area contributed by atoms with E-state index in [1.54, 1.807) is 12.3 Å². The minimum atomic E-state index is -2.71. The van der Waals surface area contributed by atoms with Crippen LogP contribution in [0.25, 0.3) is 10.8 Å². The molecule has 3 heterocycles. The number of aliphatic hydroxyl groups is 1. The van der Waals surface area contributed by atoms with Crippen LogP contribution in [0.15, 0.2) is 24.4 Å². The molecular formula is C24H27ClF2N4O3. The average Bonchev–Trinajstić information content (AvgIpc) is 3.62. The van der Waals surface area contributed by atoms with Gasteiger partial charge in [0, 0.05) is 44.2 Å². The molecule has 2 aliphatic heterocycles. The largest absolute Gasteiger partial charge is 0.389 e. The summed E-state index contributed by atoms with van der Waals surface area (Å²) < 4.78 is 32.5. The Kier molecular flexibility index (Phi) is 4.92. The molecule has 0 bridgehead atoms. The SMILES string of the molecule is C[C@@]1(N2CCN(c3cc4cc(NC(=O)[C@H]5C[C@@]56CC6(F)F)ncc4cc3Cl)CC2)COC[C@@H]1O. The van der Waals surface area contributed by atoms with Gasteiger partial charge in [-0.3, -0.25) is 9.69 Å². The van der Waals surface area contributed by atoms with Crippen molar-refractivity contribution in [3.8, 4) is 0 Å². The lowest BCUT2D eigenvalue weighted by atomic mass is 9.95. The number of anilines is 2. The second-order valence-electron chi connectivity index (χ2n) is 10.4. The minimum Gasteiger partial charge on any atom is -0.389 e. The summed E-state index contributed by atoms with van der Waals surface area (Å²) in [5, 5.41) is 15.4. The molecule has 2 saturated carbocycles. The molecule has 1 aromatic heterocycles. The maximum Gasteiger partial charge on any atom is 0.255 e. The Morgan fingerprint density at radius 3 is 2.59 bits per heavy atom. The third-order valence-electron chi connectivity index (χ3n) is 8.30. The van der Waals surface area contributed by atoms with E-state index in [9.17, 15) is 18.7 Å². The van der Waals surface area contributed by atoms with Crippen molar-refractivity contribution in [1.82, 2.24) is 9.88 Å². The fourth-order valence-electron chi connectivity index (χ4n) is 5.69. The van der Waals surface area contributed by atoms with E-state index in [4.69, 9.17) is 16.3 Å². The Balaban J connectivity index is 1.17. The molecule has 1 spiro atoms. The summed E-state index contributed by atoms with van der Waals surface area (Å²) in [6.45, 7) is 5.98. The van der Waals surface area contributed by atoms with Crippen LogP contribution in [0.4, 0.5) is 20.3 Å². The number of hydrogen-bond donors (Lipinski definition) is 2. The maximum absolute atomic E-state index is 13.5. The highest BCUT2D eigenvalue weighted by atomic mass is 35.5. The highest BCUT2D eigenvalue weighted by Crippen LogP contribution is 2.79. The number of aromatic nitrogens is 1. The number of carbonyl (C=O) groups excluding carboxylic acids is 1. The molecule has 4 atom stereocenters. The quantitative estimate of drug-likeness (QED) is 0.683. The van der Waals surface area contributed by atoms with E-state index in [2.05, 4.69) is 20.1 Å². The number of piperazine rings is 1. The number of amides is 1. The lowest BCUT2D eigenvalue weighted by molar-refractivity contribution is -0.118. The molecule has 6 rings (SSSR count). The normalized spacial score (nSPS) is 34.6. The first kappa shape index (κ1) is 22.4. The molecule has 0 unspecified atom stereocenters. The maximum atomic E-state index is 13.5. The zero-order valence-electron chi connectivity index (χ0n) is 18.9. The monoisotopic (exact) mass is 492 g/mol. The standard InChI is InChI=1S/C24H27ClF2N4O3/c1-22(13-34-11-19(22)32)31-4-2-30(3-5-31)18-7-14-8-20(28-10-15(14)6-17(18)25)29-21(33)16-9-23(16)12-24(23,26)27/h6-8,10,16,19,32H,2-5,9,11-13H2,1H3,(H,28,29,33)/t16-,19+,22-,23-/m1/s1. The molecule has 2 aromatic rings. The third kappa shape index (κ3) is 3.39. The van der Waals surface area contributed by atoms with Crippen LogP contribution < -0.4 is 10.2 Å². The number of benzene rings is 1. The lowest BCUT2D eigenvalue weighted by Gasteiger charge is -2.45. The van der Waals surface area contributed by atoms with Gasteiger partial charge in [-0.2, -0.15) is 0 Å². The Morgan fingerprint density at radius 1 is 1.24 bits per heavy atom. The predicted octanol–water partition coefficient (Wildman–Crippen LogP) is 3.14. The summed E-state index contributed by atoms with van der Waals surface area (Å²) in [6.07, 6.45) is 1.19. The van der Waals surface area contributed by atoms with Crippen molar-refractivity contribution >= 4 is 39.8 Å². The molecule has 2 N–H and O–H groups in total. The second-order valence-corrected chi connectivity index (χ2v) is 10.8. The van der Waals surface area contributed by atoms with E-state index in [1.807, 2.05) is 19.1 Å². The Morgan fingerprint density at radius 2 is 1.97 bits per heavy atom. The molecule has 10 heteroatoms. The van der Waals surface area contributed by atoms with Gasteiger partial charge in [-0.1, -0.05) is 11.6 Å². The molecule has 1 amide bonds. The topological polar surface area (TPSA) is 77.9 Å². The minimum absolute atomic E-state index is 0.191. The highest BCUT2D eigenvalue weighted by molar-refractivity contribution is 6.34. The van der Waals surface area contributed by atoms with Crippen LogP contribution >= 0.6 is 11.6 Å². The summed E-state index contributed by atoms with van der Waals surface area (Å²) in [7, 11) is 0. The number of carbonyl (C=O) groups is 1. The number of hydrogen-bond acceptors (Lipinski definition) is 6. The molecule has 34 heavy (non-hydrogen) atoms. The first-order valence-corrected chi connectivity index (χ1v) is 12.0. The molecule has 1 aromatic carbocycles. The first-order chi connectivity index (χ1) is 16.1. The van der Waals surface area contributed by atoms with Crippen LogP contribution in [0, 0.1) is 11.3 Å². The van der Waals surface area contributed by atoms with E-state index >= 15 is 0 Å². The van der Waals surface area contributed by atoms with Crippen molar-refractivity contribution in [1.29, 1.82) is 0 Å². The summed E-state index contributed by atoms with van der Waals surface area (Å²) in [4.78, 5) is 21.2. The zero-order valence-corrected chi connectivity index (χ0v) is 19.6. The van der Waals surface area contributed by atoms with Crippen LogP contribution in [0.5, 0.6) is 0 Å². The number of rotatable bonds is 4. The molecule has 0 radical (unpaired) electrons. The zero-order chi connectivity index (χ0) is 23.9. The van der Waals surface area contributed by atoms with Crippen LogP contribution in [0.2, 0.25) is 5.02 Å². The highest BCUT2D eigenvalue weighted by Gasteiger charge is 2.85. The van der Waals surface area contributed by atoms with Crippen LogP contribution in [0.1, 0.15) is 19.8 Å². The van der Waals surface area contributed by atoms with Crippen molar-refractivity contribution in [2.45, 2.75) is 37.3 Å². The summed E-state index contributed by atoms with van der Waals surface area (Å²) in [5.74, 6) is -3.38. The van der Waals surface area contributed by atoms with Gasteiger partial charge in [-0.15, -0.1) is 0 Å². The molecule has 4 fully saturated rings. The molecule has 2 saturated heterocycles. The fraction of sp³-hybridized carbons (Fsp3) is 0.583. The molecular weight excluding hydrogens is 466 g/mol. The molecule has 7 nitrogen and oxygen atoms in total. The van der Waals surface area contributed by atoms with Crippen molar-refractivity contribution in [3.63, 3.8) is 0 Å². The number of nitrogens with zero attached hydrogens (tertiary/aromatic N) is 3. The number of aliphatic hydroxyl groups excluding tert-OH is 1. The van der Waals surface area contributed by atoms with Gasteiger partial charge < -0.3 is 20.1 Å². The molecule has 182 valence electrons. The van der Waals surface area contributed by atoms with E-state index in [-0.39, 0.29) is 24.3 Å². The summed E-state index contributed by atoms with van der Waals surface area (Å²) >= 11 is 6.61. The average molecular weight is 493 g/mol. The predicted molar refractivity (Wildman–Crippen MR) is 125 cm³/mol. The number of alkyl halides is 2. The fourth-order valence-corrected chi connectivity index (χ4v) is 5.98. The van der Waals surface area contributed by atoms with Gasteiger partial charge >= 0.3 is 0 Å². The van der Waals surface area contributed by atoms with E-state index in [1.165, 1.54) is 0 Å². The molecule has 2 aliphatic carbocycles. The van der Waals surface area contributed by atoms with Crippen molar-refractivity contribution < 1.29 is 23.4 Å². The second kappa shape index (κ2) is 7.46. The summed E-state index contributed by atoms with van der Waals surface area (Å²) in [5.41, 5.74) is -0.582. The smallest absolute Gasteiger partial charge is 0.255 e. The molecule has 4 aliphatic rings. The number of fused-ring (bicyclic) bond motifs is 1. The number of pyridine rings is 1. The van der Waals surface area contributed by atoms with E-state index < -0.39 is 23.4 Å².